The van der Waals surface area contributed by atoms with Gasteiger partial charge in [0.05, 0.1) is 30.0 Å². The Labute approximate surface area is 229 Å². The maximum atomic E-state index is 14.6. The Hall–Kier alpha value is -3.17. The average Bonchev–Trinajstić information content (AvgIpc) is 2.85. The second-order valence-corrected chi connectivity index (χ2v) is 10.1. The van der Waals surface area contributed by atoms with Gasteiger partial charge in [0.1, 0.15) is 11.4 Å². The Balaban J connectivity index is 0.000000436. The summed E-state index contributed by atoms with van der Waals surface area (Å²) in [5.74, 6) is -6.12. The summed E-state index contributed by atoms with van der Waals surface area (Å²) in [4.78, 5) is 33.5. The molecule has 0 aliphatic carbocycles. The predicted octanol–water partition coefficient (Wildman–Crippen LogP) is 3.49. The van der Waals surface area contributed by atoms with Gasteiger partial charge in [0.2, 0.25) is 0 Å². The molecule has 0 bridgehead atoms. The first kappa shape index (κ1) is 29.4. The van der Waals surface area contributed by atoms with Crippen molar-refractivity contribution in [3.63, 3.8) is 0 Å². The first-order chi connectivity index (χ1) is 17.9. The number of carboxylic acid groups (broad SMARTS) is 2. The summed E-state index contributed by atoms with van der Waals surface area (Å²) >= 11 is 1.93. The number of anilines is 2. The van der Waals surface area contributed by atoms with Crippen molar-refractivity contribution in [2.45, 2.75) is 30.9 Å². The number of hydrogen-bond acceptors (Lipinski definition) is 6. The molecule has 4 rings (SSSR count). The van der Waals surface area contributed by atoms with Crippen molar-refractivity contribution in [1.82, 2.24) is 10.2 Å². The van der Waals surface area contributed by atoms with E-state index in [1.54, 1.807) is 6.07 Å². The van der Waals surface area contributed by atoms with E-state index in [9.17, 15) is 32.7 Å². The van der Waals surface area contributed by atoms with Crippen LogP contribution in [0.25, 0.3) is 0 Å². The molecule has 2 aliphatic rings. The van der Waals surface area contributed by atoms with Crippen LogP contribution in [0.4, 0.5) is 24.5 Å². The van der Waals surface area contributed by atoms with Crippen molar-refractivity contribution in [3.8, 4) is 0 Å². The molecule has 1 atom stereocenters. The normalized spacial score (nSPS) is 18.2. The van der Waals surface area contributed by atoms with Gasteiger partial charge in [0.25, 0.3) is 5.91 Å². The molecule has 0 radical (unpaired) electrons. The van der Waals surface area contributed by atoms with E-state index in [-0.39, 0.29) is 30.4 Å². The Morgan fingerprint density at radius 2 is 1.68 bits per heavy atom. The van der Waals surface area contributed by atoms with Crippen LogP contribution in [0.5, 0.6) is 0 Å². The van der Waals surface area contributed by atoms with E-state index in [1.807, 2.05) is 22.6 Å². The molecule has 5 N–H and O–H groups in total. The highest BCUT2D eigenvalue weighted by Crippen LogP contribution is 2.34. The second kappa shape index (κ2) is 12.6. The number of carbonyl (C=O) groups is 3. The molecule has 2 heterocycles. The minimum atomic E-state index is -1.26. The van der Waals surface area contributed by atoms with E-state index >= 15 is 0 Å². The Kier molecular flexibility index (Phi) is 9.73. The van der Waals surface area contributed by atoms with Gasteiger partial charge in [-0.3, -0.25) is 4.79 Å². The third-order valence-electron chi connectivity index (χ3n) is 6.06. The topological polar surface area (TPSA) is 139 Å². The minimum Gasteiger partial charge on any atom is -0.478 e. The molecule has 1 amide bonds. The molecule has 0 aromatic heterocycles. The number of aliphatic hydroxyl groups is 1. The first-order valence-electron chi connectivity index (χ1n) is 11.5. The van der Waals surface area contributed by atoms with Crippen LogP contribution in [-0.2, 0) is 9.59 Å². The number of carbonyl (C=O) groups excluding carboxylic acids is 1. The van der Waals surface area contributed by atoms with Crippen molar-refractivity contribution < 1.29 is 42.9 Å². The summed E-state index contributed by atoms with van der Waals surface area (Å²) in [6.45, 7) is 1.01. The lowest BCUT2D eigenvalue weighted by Crippen LogP contribution is -2.72. The van der Waals surface area contributed by atoms with Gasteiger partial charge in [0.15, 0.2) is 11.6 Å². The molecule has 0 saturated carbocycles. The van der Waals surface area contributed by atoms with Gasteiger partial charge in [-0.25, -0.2) is 22.8 Å². The number of halogens is 4. The molecular weight excluding hydrogens is 622 g/mol. The van der Waals surface area contributed by atoms with Crippen LogP contribution in [0.15, 0.2) is 42.5 Å². The SMILES string of the molecule is O=C(O)/C=C/C(=O)O.O=C(c1ccc(F)c(F)c1Nc1ccc(I)cc1F)N1CC(O)([C@@H]2CCCCN2)C1. The molecule has 9 nitrogen and oxygen atoms in total. The number of rotatable bonds is 6. The van der Waals surface area contributed by atoms with Crippen LogP contribution in [-0.4, -0.2) is 69.3 Å². The molecule has 2 aliphatic heterocycles. The molecule has 2 saturated heterocycles. The van der Waals surface area contributed by atoms with Crippen LogP contribution in [0.1, 0.15) is 29.6 Å². The number of aliphatic carboxylic acids is 2. The first-order valence-corrected chi connectivity index (χ1v) is 12.6. The lowest BCUT2D eigenvalue weighted by atomic mass is 9.81. The fourth-order valence-electron chi connectivity index (χ4n) is 4.18. The molecule has 2 aromatic rings. The van der Waals surface area contributed by atoms with Crippen LogP contribution < -0.4 is 10.6 Å². The molecule has 0 spiro atoms. The zero-order chi connectivity index (χ0) is 28.0. The molecule has 2 fully saturated rings. The number of nitrogens with zero attached hydrogens (tertiary/aromatic N) is 1. The third-order valence-corrected chi connectivity index (χ3v) is 6.73. The lowest BCUT2D eigenvalue weighted by molar-refractivity contribution is -0.134. The molecule has 38 heavy (non-hydrogen) atoms. The fourth-order valence-corrected chi connectivity index (χ4v) is 4.63. The number of piperidine rings is 1. The van der Waals surface area contributed by atoms with E-state index in [2.05, 4.69) is 10.6 Å². The monoisotopic (exact) mass is 647 g/mol. The van der Waals surface area contributed by atoms with E-state index in [1.165, 1.54) is 23.1 Å². The smallest absolute Gasteiger partial charge is 0.328 e. The van der Waals surface area contributed by atoms with Crippen LogP contribution in [0.3, 0.4) is 0 Å². The van der Waals surface area contributed by atoms with Crippen molar-refractivity contribution in [2.75, 3.05) is 25.0 Å². The zero-order valence-electron chi connectivity index (χ0n) is 19.9. The number of amides is 1. The second-order valence-electron chi connectivity index (χ2n) is 8.81. The number of β-amino-alcohol motifs (C(OH)–C–C–N with tert-alkyl or cyclic N) is 1. The van der Waals surface area contributed by atoms with Crippen molar-refractivity contribution in [3.05, 3.63) is 69.1 Å². The number of nitrogens with one attached hydrogen (secondary N) is 2. The standard InChI is InChI=1S/C21H21F3IN3O2.C4H4O4/c22-14-6-5-13(19(18(14)24)27-16-7-4-12(25)9-15(16)23)20(29)28-10-21(30,11-28)17-3-1-2-8-26-17;5-3(6)1-2-4(7)8/h4-7,9,17,26-27,30H,1-3,8,10-11H2;1-2H,(H,5,6)(H,7,8)/b;2-1+/t17-;/m0./s1. The summed E-state index contributed by atoms with van der Waals surface area (Å²) in [7, 11) is 0. The summed E-state index contributed by atoms with van der Waals surface area (Å²) in [5, 5.41) is 32.2. The molecular formula is C25H25F3IN3O6. The summed E-state index contributed by atoms with van der Waals surface area (Å²) in [6.07, 6.45) is 3.99. The largest absolute Gasteiger partial charge is 0.478 e. The molecule has 0 unspecified atom stereocenters. The van der Waals surface area contributed by atoms with Gasteiger partial charge in [-0.2, -0.15) is 0 Å². The minimum absolute atomic E-state index is 0.0690. The van der Waals surface area contributed by atoms with Crippen LogP contribution in [0, 0.1) is 21.0 Å². The predicted molar refractivity (Wildman–Crippen MR) is 140 cm³/mol. The highest BCUT2D eigenvalue weighted by molar-refractivity contribution is 14.1. The van der Waals surface area contributed by atoms with Gasteiger partial charge >= 0.3 is 11.9 Å². The van der Waals surface area contributed by atoms with E-state index in [0.29, 0.717) is 15.7 Å². The maximum absolute atomic E-state index is 14.6. The number of benzene rings is 2. The number of carboxylic acids is 2. The fraction of sp³-hybridized carbons (Fsp3) is 0.320. The van der Waals surface area contributed by atoms with Crippen LogP contribution in [0.2, 0.25) is 0 Å². The maximum Gasteiger partial charge on any atom is 0.328 e. The lowest BCUT2D eigenvalue weighted by Gasteiger charge is -2.51. The highest BCUT2D eigenvalue weighted by Gasteiger charge is 2.49. The van der Waals surface area contributed by atoms with Gasteiger partial charge in [-0.05, 0) is 72.3 Å². The summed E-state index contributed by atoms with van der Waals surface area (Å²) < 4.78 is 43.3. The van der Waals surface area contributed by atoms with E-state index < -0.39 is 46.6 Å². The molecule has 204 valence electrons. The Morgan fingerprint density at radius 3 is 2.24 bits per heavy atom. The average molecular weight is 647 g/mol. The third kappa shape index (κ3) is 7.23. The number of hydrogen-bond donors (Lipinski definition) is 5. The van der Waals surface area contributed by atoms with E-state index in [4.69, 9.17) is 10.2 Å². The molecule has 13 heteroatoms. The summed E-state index contributed by atoms with van der Waals surface area (Å²) in [6, 6.07) is 6.19. The zero-order valence-corrected chi connectivity index (χ0v) is 22.0. The van der Waals surface area contributed by atoms with Gasteiger partial charge < -0.3 is 30.9 Å². The quantitative estimate of drug-likeness (QED) is 0.237. The Bertz CT molecular complexity index is 1230. The van der Waals surface area contributed by atoms with E-state index in [0.717, 1.165) is 31.9 Å². The Morgan fingerprint density at radius 1 is 1.03 bits per heavy atom. The van der Waals surface area contributed by atoms with Gasteiger partial charge in [-0.1, -0.05) is 6.42 Å². The number of likely N-dealkylation sites (tertiary alicyclic amines) is 1. The van der Waals surface area contributed by atoms with Gasteiger partial charge in [0, 0.05) is 21.8 Å². The van der Waals surface area contributed by atoms with Gasteiger partial charge in [-0.15, -0.1) is 0 Å². The summed E-state index contributed by atoms with van der Waals surface area (Å²) in [5.41, 5.74) is -1.65. The van der Waals surface area contributed by atoms with Crippen molar-refractivity contribution in [1.29, 1.82) is 0 Å². The molecule has 2 aromatic carbocycles. The van der Waals surface area contributed by atoms with Crippen molar-refractivity contribution in [2.24, 2.45) is 0 Å². The van der Waals surface area contributed by atoms with Crippen molar-refractivity contribution >= 4 is 51.8 Å². The highest BCUT2D eigenvalue weighted by atomic mass is 127. The van der Waals surface area contributed by atoms with Crippen LogP contribution >= 0.6 is 22.6 Å².